The monoisotopic (exact) mass is 305 g/mol. The Hall–Kier alpha value is -0.210. The largest absolute Gasteiger partial charge is 0.319 e. The van der Waals surface area contributed by atoms with Gasteiger partial charge < -0.3 is 5.32 Å². The van der Waals surface area contributed by atoms with Gasteiger partial charge in [-0.15, -0.1) is 11.8 Å². The Morgan fingerprint density at radius 1 is 1.44 bits per heavy atom. The van der Waals surface area contributed by atoms with Crippen LogP contribution in [-0.4, -0.2) is 31.0 Å². The van der Waals surface area contributed by atoms with E-state index in [0.29, 0.717) is 23.1 Å². The van der Waals surface area contributed by atoms with Gasteiger partial charge in [-0.25, -0.2) is 0 Å². The minimum absolute atomic E-state index is 0.282. The van der Waals surface area contributed by atoms with Crippen LogP contribution in [0.3, 0.4) is 0 Å². The fourth-order valence-corrected chi connectivity index (χ4v) is 4.35. The highest BCUT2D eigenvalue weighted by Crippen LogP contribution is 2.35. The van der Waals surface area contributed by atoms with E-state index in [0.717, 1.165) is 12.2 Å². The van der Waals surface area contributed by atoms with Gasteiger partial charge in [0.2, 0.25) is 0 Å². The minimum Gasteiger partial charge on any atom is -0.309 e. The van der Waals surface area contributed by atoms with Crippen LogP contribution < -0.4 is 5.32 Å². The van der Waals surface area contributed by atoms with E-state index in [-0.39, 0.29) is 6.04 Å². The first-order valence-corrected chi connectivity index (χ1v) is 9.56. The van der Waals surface area contributed by atoms with Gasteiger partial charge in [-0.3, -0.25) is 4.55 Å². The quantitative estimate of drug-likeness (QED) is 0.494. The summed E-state index contributed by atoms with van der Waals surface area (Å²) < 4.78 is 29.8. The third-order valence-electron chi connectivity index (χ3n) is 2.68. The molecule has 1 aromatic carbocycles. The van der Waals surface area contributed by atoms with Crippen LogP contribution in [0.2, 0.25) is 0 Å². The highest BCUT2D eigenvalue weighted by atomic mass is 33.1. The zero-order chi connectivity index (χ0) is 13.0. The van der Waals surface area contributed by atoms with Crippen LogP contribution in [0, 0.1) is 0 Å². The van der Waals surface area contributed by atoms with E-state index < -0.39 is 9.15 Å². The molecule has 0 fully saturated rings. The van der Waals surface area contributed by atoms with Gasteiger partial charge in [-0.05, 0) is 34.6 Å². The molecule has 0 aromatic heterocycles. The lowest BCUT2D eigenvalue weighted by Gasteiger charge is -2.25. The van der Waals surface area contributed by atoms with Crippen molar-refractivity contribution >= 4 is 31.7 Å². The Balaban J connectivity index is 1.88. The first-order chi connectivity index (χ1) is 8.56. The predicted molar refractivity (Wildman–Crippen MR) is 76.5 cm³/mol. The van der Waals surface area contributed by atoms with E-state index in [2.05, 4.69) is 17.4 Å². The molecule has 1 atom stereocenters. The lowest BCUT2D eigenvalue weighted by Crippen LogP contribution is -2.26. The molecular formula is C11H15NO3S3. The lowest BCUT2D eigenvalue weighted by molar-refractivity contribution is 0.502. The van der Waals surface area contributed by atoms with E-state index in [4.69, 9.17) is 4.55 Å². The van der Waals surface area contributed by atoms with E-state index in [1.807, 2.05) is 23.9 Å². The van der Waals surface area contributed by atoms with Gasteiger partial charge in [0.05, 0.1) is 0 Å². The Labute approximate surface area is 115 Å². The van der Waals surface area contributed by atoms with Crippen molar-refractivity contribution in [1.82, 2.24) is 5.32 Å². The lowest BCUT2D eigenvalue weighted by atomic mass is 10.0. The third-order valence-corrected chi connectivity index (χ3v) is 5.87. The van der Waals surface area contributed by atoms with Gasteiger partial charge in [0, 0.05) is 23.2 Å². The Bertz CT molecular complexity index is 504. The summed E-state index contributed by atoms with van der Waals surface area (Å²) in [6.07, 6.45) is 1.04. The number of nitrogens with one attached hydrogen (secondary N) is 1. The zero-order valence-corrected chi connectivity index (χ0v) is 12.2. The van der Waals surface area contributed by atoms with Crippen molar-refractivity contribution in [3.05, 3.63) is 29.8 Å². The summed E-state index contributed by atoms with van der Waals surface area (Å²) in [7, 11) is -3.35. The molecule has 0 amide bonds. The highest BCUT2D eigenvalue weighted by Gasteiger charge is 2.19. The SMILES string of the molecule is O=S(=O)(O)SCCNC1CCSc2ccccc21. The molecule has 1 aliphatic heterocycles. The van der Waals surface area contributed by atoms with Gasteiger partial charge in [0.1, 0.15) is 0 Å². The first kappa shape index (κ1) is 14.2. The summed E-state index contributed by atoms with van der Waals surface area (Å²) in [5.41, 5.74) is 1.28. The van der Waals surface area contributed by atoms with Crippen LogP contribution in [0.5, 0.6) is 0 Å². The molecule has 1 heterocycles. The Morgan fingerprint density at radius 2 is 2.22 bits per heavy atom. The van der Waals surface area contributed by atoms with Crippen molar-refractivity contribution in [1.29, 1.82) is 0 Å². The number of hydrogen-bond acceptors (Lipinski definition) is 5. The highest BCUT2D eigenvalue weighted by molar-refractivity contribution is 8.69. The summed E-state index contributed by atoms with van der Waals surface area (Å²) in [5.74, 6) is 1.42. The average Bonchev–Trinajstić information content (AvgIpc) is 2.33. The Morgan fingerprint density at radius 3 is 3.00 bits per heavy atom. The van der Waals surface area contributed by atoms with Gasteiger partial charge in [0.25, 0.3) is 0 Å². The topological polar surface area (TPSA) is 66.4 Å². The number of fused-ring (bicyclic) bond motifs is 1. The second-order valence-corrected chi connectivity index (χ2v) is 8.54. The van der Waals surface area contributed by atoms with Gasteiger partial charge >= 0.3 is 9.15 Å². The van der Waals surface area contributed by atoms with Crippen molar-refractivity contribution < 1.29 is 13.0 Å². The van der Waals surface area contributed by atoms with Gasteiger partial charge in [-0.2, -0.15) is 8.42 Å². The van der Waals surface area contributed by atoms with Crippen molar-refractivity contribution in [3.63, 3.8) is 0 Å². The second kappa shape index (κ2) is 6.29. The average molecular weight is 305 g/mol. The normalized spacial score (nSPS) is 19.5. The minimum atomic E-state index is -3.92. The van der Waals surface area contributed by atoms with E-state index in [1.165, 1.54) is 10.5 Å². The summed E-state index contributed by atoms with van der Waals surface area (Å²) in [5, 5.41) is 3.34. The van der Waals surface area contributed by atoms with Crippen LogP contribution >= 0.6 is 22.6 Å². The molecular weight excluding hydrogens is 290 g/mol. The summed E-state index contributed by atoms with van der Waals surface area (Å²) >= 11 is 1.85. The fraction of sp³-hybridized carbons (Fsp3) is 0.455. The third kappa shape index (κ3) is 4.17. The number of benzene rings is 1. The molecule has 2 rings (SSSR count). The molecule has 1 aromatic rings. The van der Waals surface area contributed by atoms with Gasteiger partial charge in [-0.1, -0.05) is 18.2 Å². The predicted octanol–water partition coefficient (Wildman–Crippen LogP) is 2.35. The number of thioether (sulfide) groups is 1. The molecule has 0 saturated heterocycles. The maximum absolute atomic E-state index is 10.6. The molecule has 4 nitrogen and oxygen atoms in total. The molecule has 0 radical (unpaired) electrons. The van der Waals surface area contributed by atoms with E-state index >= 15 is 0 Å². The van der Waals surface area contributed by atoms with Gasteiger partial charge in [0.15, 0.2) is 0 Å². The van der Waals surface area contributed by atoms with Crippen LogP contribution in [0.15, 0.2) is 29.2 Å². The molecule has 1 aliphatic rings. The van der Waals surface area contributed by atoms with E-state index in [9.17, 15) is 8.42 Å². The van der Waals surface area contributed by atoms with Crippen LogP contribution in [0.4, 0.5) is 0 Å². The fourth-order valence-electron chi connectivity index (χ4n) is 1.93. The van der Waals surface area contributed by atoms with Crippen LogP contribution in [-0.2, 0) is 9.15 Å². The van der Waals surface area contributed by atoms with E-state index in [1.54, 1.807) is 0 Å². The zero-order valence-electron chi connectivity index (χ0n) is 9.70. The molecule has 100 valence electrons. The summed E-state index contributed by atoms with van der Waals surface area (Å²) in [6.45, 7) is 0.564. The Kier molecular flexibility index (Phi) is 4.97. The molecule has 0 spiro atoms. The summed E-state index contributed by atoms with van der Waals surface area (Å²) in [6, 6.07) is 8.55. The molecule has 7 heteroatoms. The molecule has 18 heavy (non-hydrogen) atoms. The van der Waals surface area contributed by atoms with Crippen LogP contribution in [0.25, 0.3) is 0 Å². The van der Waals surface area contributed by atoms with Crippen molar-refractivity contribution in [3.8, 4) is 0 Å². The summed E-state index contributed by atoms with van der Waals surface area (Å²) in [4.78, 5) is 1.30. The second-order valence-electron chi connectivity index (χ2n) is 3.93. The maximum atomic E-state index is 10.6. The molecule has 0 saturated carbocycles. The van der Waals surface area contributed by atoms with Crippen molar-refractivity contribution in [2.24, 2.45) is 0 Å². The smallest absolute Gasteiger partial charge is 0.309 e. The maximum Gasteiger partial charge on any atom is 0.319 e. The van der Waals surface area contributed by atoms with Crippen LogP contribution in [0.1, 0.15) is 18.0 Å². The molecule has 2 N–H and O–H groups in total. The van der Waals surface area contributed by atoms with Crippen molar-refractivity contribution in [2.45, 2.75) is 17.4 Å². The number of hydrogen-bond donors (Lipinski definition) is 2. The standard InChI is InChI=1S/C11H15NO3S3/c13-18(14,15)17-8-6-12-10-5-7-16-11-4-2-1-3-9(10)11/h1-4,10,12H,5-8H2,(H,13,14,15). The molecule has 1 unspecified atom stereocenters. The first-order valence-electron chi connectivity index (χ1n) is 5.63. The molecule has 0 aliphatic carbocycles. The van der Waals surface area contributed by atoms with Crippen molar-refractivity contribution in [2.75, 3.05) is 18.1 Å². The molecule has 0 bridgehead atoms. The number of rotatable bonds is 5.